The SMILES string of the molecule is CCNCc1ccccc1NC(=O)COc1ccc(CC)cc1.Cl. The molecule has 0 atom stereocenters. The first-order valence-corrected chi connectivity index (χ1v) is 8.03. The molecule has 130 valence electrons. The van der Waals surface area contributed by atoms with Crippen LogP contribution in [0.25, 0.3) is 0 Å². The minimum Gasteiger partial charge on any atom is -0.484 e. The number of halogens is 1. The summed E-state index contributed by atoms with van der Waals surface area (Å²) in [5.74, 6) is 0.548. The van der Waals surface area contributed by atoms with Gasteiger partial charge in [-0.1, -0.05) is 44.2 Å². The van der Waals surface area contributed by atoms with E-state index < -0.39 is 0 Å². The Labute approximate surface area is 150 Å². The molecule has 0 aliphatic carbocycles. The summed E-state index contributed by atoms with van der Waals surface area (Å²) in [5.41, 5.74) is 3.14. The third-order valence-corrected chi connectivity index (χ3v) is 3.56. The quantitative estimate of drug-likeness (QED) is 0.763. The fourth-order valence-corrected chi connectivity index (χ4v) is 2.21. The number of rotatable bonds is 8. The van der Waals surface area contributed by atoms with Crippen LogP contribution in [-0.4, -0.2) is 19.1 Å². The highest BCUT2D eigenvalue weighted by atomic mass is 35.5. The van der Waals surface area contributed by atoms with Gasteiger partial charge in [0.05, 0.1) is 0 Å². The Morgan fingerprint density at radius 1 is 1.04 bits per heavy atom. The predicted molar refractivity (Wildman–Crippen MR) is 101 cm³/mol. The first-order valence-electron chi connectivity index (χ1n) is 8.03. The molecule has 24 heavy (non-hydrogen) atoms. The van der Waals surface area contributed by atoms with Crippen molar-refractivity contribution in [3.63, 3.8) is 0 Å². The molecular formula is C19H25ClN2O2. The average molecular weight is 349 g/mol. The molecule has 0 fully saturated rings. The topological polar surface area (TPSA) is 50.4 Å². The first kappa shape index (κ1) is 20.0. The number of hydrogen-bond donors (Lipinski definition) is 2. The summed E-state index contributed by atoms with van der Waals surface area (Å²) in [5, 5.41) is 6.17. The Kier molecular flexibility index (Phi) is 8.90. The maximum absolute atomic E-state index is 12.1. The number of carbonyl (C=O) groups is 1. The molecule has 2 aromatic carbocycles. The minimum atomic E-state index is -0.159. The number of carbonyl (C=O) groups excluding carboxylic acids is 1. The van der Waals surface area contributed by atoms with Gasteiger partial charge in [-0.05, 0) is 42.3 Å². The molecule has 1 amide bonds. The maximum Gasteiger partial charge on any atom is 0.262 e. The fraction of sp³-hybridized carbons (Fsp3) is 0.316. The van der Waals surface area contributed by atoms with E-state index in [1.807, 2.05) is 48.5 Å². The lowest BCUT2D eigenvalue weighted by Gasteiger charge is -2.12. The van der Waals surface area contributed by atoms with Crippen LogP contribution in [0.5, 0.6) is 5.75 Å². The summed E-state index contributed by atoms with van der Waals surface area (Å²) in [6, 6.07) is 15.6. The van der Waals surface area contributed by atoms with E-state index in [-0.39, 0.29) is 24.9 Å². The van der Waals surface area contributed by atoms with Crippen molar-refractivity contribution in [2.24, 2.45) is 0 Å². The summed E-state index contributed by atoms with van der Waals surface area (Å²) in [6.07, 6.45) is 0.989. The van der Waals surface area contributed by atoms with Crippen LogP contribution < -0.4 is 15.4 Å². The number of para-hydroxylation sites is 1. The Bertz CT molecular complexity index is 630. The molecule has 0 bridgehead atoms. The molecule has 0 saturated heterocycles. The Hall–Kier alpha value is -2.04. The van der Waals surface area contributed by atoms with Crippen molar-refractivity contribution in [3.05, 3.63) is 59.7 Å². The second-order valence-corrected chi connectivity index (χ2v) is 5.27. The number of aryl methyl sites for hydroxylation is 1. The van der Waals surface area contributed by atoms with Gasteiger partial charge in [0.1, 0.15) is 5.75 Å². The van der Waals surface area contributed by atoms with Gasteiger partial charge in [0.25, 0.3) is 5.91 Å². The van der Waals surface area contributed by atoms with Crippen LogP contribution in [-0.2, 0) is 17.8 Å². The molecular weight excluding hydrogens is 324 g/mol. The second kappa shape index (κ2) is 10.7. The maximum atomic E-state index is 12.1. The lowest BCUT2D eigenvalue weighted by Crippen LogP contribution is -2.22. The van der Waals surface area contributed by atoms with E-state index in [2.05, 4.69) is 24.5 Å². The number of anilines is 1. The minimum absolute atomic E-state index is 0. The molecule has 0 aliphatic rings. The molecule has 0 aromatic heterocycles. The van der Waals surface area contributed by atoms with Gasteiger partial charge < -0.3 is 15.4 Å². The fourth-order valence-electron chi connectivity index (χ4n) is 2.21. The van der Waals surface area contributed by atoms with Crippen molar-refractivity contribution in [2.45, 2.75) is 26.8 Å². The summed E-state index contributed by atoms with van der Waals surface area (Å²) in [6.45, 7) is 5.78. The molecule has 0 saturated carbocycles. The Balaban J connectivity index is 0.00000288. The summed E-state index contributed by atoms with van der Waals surface area (Å²) < 4.78 is 5.53. The number of amides is 1. The smallest absolute Gasteiger partial charge is 0.262 e. The summed E-state index contributed by atoms with van der Waals surface area (Å²) in [4.78, 5) is 12.1. The standard InChI is InChI=1S/C19H24N2O2.ClH/c1-3-15-9-11-17(12-10-15)23-14-19(22)21-18-8-6-5-7-16(18)13-20-4-2;/h5-12,20H,3-4,13-14H2,1-2H3,(H,21,22);1H. The van der Waals surface area contributed by atoms with Crippen LogP contribution in [0.1, 0.15) is 25.0 Å². The molecule has 0 spiro atoms. The molecule has 0 aliphatic heterocycles. The van der Waals surface area contributed by atoms with Crippen LogP contribution in [0.15, 0.2) is 48.5 Å². The highest BCUT2D eigenvalue weighted by Crippen LogP contribution is 2.15. The van der Waals surface area contributed by atoms with Gasteiger partial charge in [-0.25, -0.2) is 0 Å². The van der Waals surface area contributed by atoms with E-state index in [9.17, 15) is 4.79 Å². The van der Waals surface area contributed by atoms with Crippen molar-refractivity contribution in [1.29, 1.82) is 0 Å². The van der Waals surface area contributed by atoms with Gasteiger partial charge in [0.15, 0.2) is 6.61 Å². The van der Waals surface area contributed by atoms with E-state index in [0.29, 0.717) is 5.75 Å². The third kappa shape index (κ3) is 6.22. The zero-order valence-corrected chi connectivity index (χ0v) is 15.0. The summed E-state index contributed by atoms with van der Waals surface area (Å²) >= 11 is 0. The van der Waals surface area contributed by atoms with Gasteiger partial charge >= 0.3 is 0 Å². The van der Waals surface area contributed by atoms with Crippen LogP contribution in [0.2, 0.25) is 0 Å². The highest BCUT2D eigenvalue weighted by Gasteiger charge is 2.07. The van der Waals surface area contributed by atoms with Crippen molar-refractivity contribution in [3.8, 4) is 5.75 Å². The number of ether oxygens (including phenoxy) is 1. The third-order valence-electron chi connectivity index (χ3n) is 3.56. The lowest BCUT2D eigenvalue weighted by atomic mass is 10.1. The summed E-state index contributed by atoms with van der Waals surface area (Å²) in [7, 11) is 0. The van der Waals surface area contributed by atoms with Gasteiger partial charge in [-0.15, -0.1) is 12.4 Å². The molecule has 2 N–H and O–H groups in total. The average Bonchev–Trinajstić information content (AvgIpc) is 2.59. The number of hydrogen-bond acceptors (Lipinski definition) is 3. The molecule has 2 aromatic rings. The van der Waals surface area contributed by atoms with E-state index in [1.165, 1.54) is 5.56 Å². The second-order valence-electron chi connectivity index (χ2n) is 5.27. The van der Waals surface area contributed by atoms with Crippen LogP contribution >= 0.6 is 12.4 Å². The molecule has 0 heterocycles. The van der Waals surface area contributed by atoms with Gasteiger partial charge in [-0.2, -0.15) is 0 Å². The molecule has 0 unspecified atom stereocenters. The largest absolute Gasteiger partial charge is 0.484 e. The van der Waals surface area contributed by atoms with Crippen LogP contribution in [0, 0.1) is 0 Å². The first-order chi connectivity index (χ1) is 11.2. The lowest BCUT2D eigenvalue weighted by molar-refractivity contribution is -0.118. The monoisotopic (exact) mass is 348 g/mol. The molecule has 0 radical (unpaired) electrons. The van der Waals surface area contributed by atoms with Gasteiger partial charge in [0, 0.05) is 12.2 Å². The van der Waals surface area contributed by atoms with Gasteiger partial charge in [-0.3, -0.25) is 4.79 Å². The zero-order valence-electron chi connectivity index (χ0n) is 14.2. The molecule has 5 heteroatoms. The van der Waals surface area contributed by atoms with E-state index in [1.54, 1.807) is 0 Å². The Morgan fingerprint density at radius 2 is 1.75 bits per heavy atom. The highest BCUT2D eigenvalue weighted by molar-refractivity contribution is 5.92. The van der Waals surface area contributed by atoms with Crippen molar-refractivity contribution < 1.29 is 9.53 Å². The Morgan fingerprint density at radius 3 is 2.42 bits per heavy atom. The van der Waals surface area contributed by atoms with E-state index >= 15 is 0 Å². The van der Waals surface area contributed by atoms with Crippen LogP contribution in [0.4, 0.5) is 5.69 Å². The molecule has 4 nitrogen and oxygen atoms in total. The van der Waals surface area contributed by atoms with Crippen molar-refractivity contribution in [1.82, 2.24) is 5.32 Å². The predicted octanol–water partition coefficient (Wildman–Crippen LogP) is 3.80. The van der Waals surface area contributed by atoms with Crippen molar-refractivity contribution in [2.75, 3.05) is 18.5 Å². The molecule has 2 rings (SSSR count). The van der Waals surface area contributed by atoms with Crippen LogP contribution in [0.3, 0.4) is 0 Å². The van der Waals surface area contributed by atoms with Crippen molar-refractivity contribution >= 4 is 24.0 Å². The normalized spacial score (nSPS) is 9.92. The zero-order chi connectivity index (χ0) is 16.5. The number of benzene rings is 2. The van der Waals surface area contributed by atoms with Gasteiger partial charge in [0.2, 0.25) is 0 Å². The number of nitrogens with one attached hydrogen (secondary N) is 2. The van der Waals surface area contributed by atoms with E-state index in [4.69, 9.17) is 4.74 Å². The van der Waals surface area contributed by atoms with E-state index in [0.717, 1.165) is 30.8 Å².